The van der Waals surface area contributed by atoms with Crippen molar-refractivity contribution in [2.24, 2.45) is 0 Å². The van der Waals surface area contributed by atoms with Gasteiger partial charge in [-0.3, -0.25) is 24.3 Å². The minimum Gasteiger partial charge on any atom is -0.383 e. The van der Waals surface area contributed by atoms with Crippen molar-refractivity contribution in [2.45, 2.75) is 23.9 Å². The average molecular weight is 463 g/mol. The molecule has 11 heteroatoms. The molecule has 0 saturated heterocycles. The quantitative estimate of drug-likeness (QED) is 0.234. The van der Waals surface area contributed by atoms with Gasteiger partial charge in [0.2, 0.25) is 5.91 Å². The number of fused-ring (bicyclic) bond motifs is 1. The number of nitro groups is 1. The zero-order valence-corrected chi connectivity index (χ0v) is 18.3. The third kappa shape index (κ3) is 5.22. The normalized spacial score (nSPS) is 12.0. The molecule has 1 amide bonds. The predicted molar refractivity (Wildman–Crippen MR) is 120 cm³/mol. The Kier molecular flexibility index (Phi) is 7.26. The van der Waals surface area contributed by atoms with Gasteiger partial charge in [-0.05, 0) is 25.1 Å². The highest BCUT2D eigenvalue weighted by Crippen LogP contribution is 2.29. The lowest BCUT2D eigenvalue weighted by Crippen LogP contribution is -2.28. The molecule has 0 aliphatic rings. The topological polar surface area (TPSA) is 116 Å². The molecule has 0 aliphatic carbocycles. The van der Waals surface area contributed by atoms with E-state index in [9.17, 15) is 19.7 Å². The van der Waals surface area contributed by atoms with Crippen molar-refractivity contribution >= 4 is 51.5 Å². The van der Waals surface area contributed by atoms with E-state index in [0.29, 0.717) is 22.7 Å². The largest absolute Gasteiger partial charge is 0.383 e. The van der Waals surface area contributed by atoms with Crippen LogP contribution in [0.5, 0.6) is 0 Å². The van der Waals surface area contributed by atoms with E-state index in [1.54, 1.807) is 31.2 Å². The molecule has 9 nitrogen and oxygen atoms in total. The molecule has 0 aliphatic heterocycles. The first-order chi connectivity index (χ1) is 14.8. The highest BCUT2D eigenvalue weighted by Gasteiger charge is 2.21. The van der Waals surface area contributed by atoms with Gasteiger partial charge in [0, 0.05) is 19.2 Å². The lowest BCUT2D eigenvalue weighted by atomic mass is 10.2. The summed E-state index contributed by atoms with van der Waals surface area (Å²) in [7, 11) is 1.53. The smallest absolute Gasteiger partial charge is 0.271 e. The summed E-state index contributed by atoms with van der Waals surface area (Å²) in [5, 5.41) is 13.9. The second-order valence-electron chi connectivity index (χ2n) is 6.53. The Morgan fingerprint density at radius 2 is 2.10 bits per heavy atom. The van der Waals surface area contributed by atoms with E-state index in [2.05, 4.69) is 10.3 Å². The van der Waals surface area contributed by atoms with Gasteiger partial charge < -0.3 is 10.1 Å². The number of benzene rings is 2. The molecule has 0 bridgehead atoms. The van der Waals surface area contributed by atoms with Gasteiger partial charge in [0.15, 0.2) is 5.16 Å². The minimum absolute atomic E-state index is 0.136. The van der Waals surface area contributed by atoms with Crippen LogP contribution in [0.15, 0.2) is 52.4 Å². The Bertz CT molecular complexity index is 1200. The van der Waals surface area contributed by atoms with Crippen LogP contribution in [0.1, 0.15) is 6.92 Å². The standard InChI is InChI=1S/C20H19ClN4O5S/c1-12(18(26)22-17-11-13(25(28)29)7-8-15(17)21)31-20-23-16-6-4-3-5-14(16)19(27)24(20)9-10-30-2/h3-8,11-12H,9-10H2,1-2H3,(H,22,26)/t12-/m1/s1. The first kappa shape index (κ1) is 22.7. The van der Waals surface area contributed by atoms with Crippen LogP contribution in [-0.2, 0) is 16.1 Å². The molecule has 2 aromatic carbocycles. The molecule has 31 heavy (non-hydrogen) atoms. The number of methoxy groups -OCH3 is 1. The Labute approximate surface area is 186 Å². The lowest BCUT2D eigenvalue weighted by Gasteiger charge is -2.16. The highest BCUT2D eigenvalue weighted by molar-refractivity contribution is 8.00. The number of nitro benzene ring substituents is 1. The van der Waals surface area contributed by atoms with Crippen LogP contribution >= 0.6 is 23.4 Å². The zero-order valence-electron chi connectivity index (χ0n) is 16.7. The number of aromatic nitrogens is 2. The lowest BCUT2D eigenvalue weighted by molar-refractivity contribution is -0.384. The summed E-state index contributed by atoms with van der Waals surface area (Å²) in [6.45, 7) is 2.23. The summed E-state index contributed by atoms with van der Waals surface area (Å²) >= 11 is 7.16. The van der Waals surface area contributed by atoms with Crippen LogP contribution in [0, 0.1) is 10.1 Å². The molecule has 1 aromatic heterocycles. The number of nitrogens with zero attached hydrogens (tertiary/aromatic N) is 3. The van der Waals surface area contributed by atoms with E-state index < -0.39 is 16.1 Å². The van der Waals surface area contributed by atoms with Gasteiger partial charge in [0.25, 0.3) is 11.2 Å². The minimum atomic E-state index is -0.669. The van der Waals surface area contributed by atoms with Crippen LogP contribution in [-0.4, -0.2) is 39.3 Å². The summed E-state index contributed by atoms with van der Waals surface area (Å²) in [6.07, 6.45) is 0. The number of carbonyl (C=O) groups is 1. The number of thioether (sulfide) groups is 1. The molecule has 0 radical (unpaired) electrons. The number of rotatable bonds is 8. The number of hydrogen-bond acceptors (Lipinski definition) is 7. The van der Waals surface area contributed by atoms with Gasteiger partial charge in [-0.2, -0.15) is 0 Å². The summed E-state index contributed by atoms with van der Waals surface area (Å²) in [4.78, 5) is 40.6. The van der Waals surface area contributed by atoms with Gasteiger partial charge >= 0.3 is 0 Å². The van der Waals surface area contributed by atoms with Crippen molar-refractivity contribution in [3.63, 3.8) is 0 Å². The first-order valence-corrected chi connectivity index (χ1v) is 10.5. The van der Waals surface area contributed by atoms with Crippen LogP contribution in [0.2, 0.25) is 5.02 Å². The van der Waals surface area contributed by atoms with E-state index in [4.69, 9.17) is 16.3 Å². The molecule has 3 aromatic rings. The van der Waals surface area contributed by atoms with E-state index in [1.807, 2.05) is 0 Å². The summed E-state index contributed by atoms with van der Waals surface area (Å²) in [5.41, 5.74) is 0.249. The predicted octanol–water partition coefficient (Wildman–Crippen LogP) is 3.72. The number of hydrogen-bond donors (Lipinski definition) is 1. The second-order valence-corrected chi connectivity index (χ2v) is 8.25. The Hall–Kier alpha value is -2.95. The summed E-state index contributed by atoms with van der Waals surface area (Å²) in [5.74, 6) is -0.437. The van der Waals surface area contributed by atoms with E-state index in [1.165, 1.54) is 29.9 Å². The van der Waals surface area contributed by atoms with E-state index >= 15 is 0 Å². The van der Waals surface area contributed by atoms with Gasteiger partial charge in [-0.1, -0.05) is 35.5 Å². The molecule has 0 unspecified atom stereocenters. The molecule has 162 valence electrons. The number of ether oxygens (including phenoxy) is 1. The molecule has 1 heterocycles. The van der Waals surface area contributed by atoms with E-state index in [-0.39, 0.29) is 28.5 Å². The van der Waals surface area contributed by atoms with Crippen LogP contribution in [0.3, 0.4) is 0 Å². The third-order valence-electron chi connectivity index (χ3n) is 4.42. The monoisotopic (exact) mass is 462 g/mol. The van der Waals surface area contributed by atoms with Crippen molar-refractivity contribution < 1.29 is 14.5 Å². The summed E-state index contributed by atoms with van der Waals surface area (Å²) in [6, 6.07) is 10.8. The maximum absolute atomic E-state index is 12.9. The van der Waals surface area contributed by atoms with Gasteiger partial charge in [-0.25, -0.2) is 4.98 Å². The van der Waals surface area contributed by atoms with Gasteiger partial charge in [0.1, 0.15) is 0 Å². The van der Waals surface area contributed by atoms with Crippen molar-refractivity contribution in [1.29, 1.82) is 0 Å². The Morgan fingerprint density at radius 3 is 2.81 bits per heavy atom. The SMILES string of the molecule is COCCn1c(S[C@H](C)C(=O)Nc2cc([N+](=O)[O-])ccc2Cl)nc2ccccc2c1=O. The zero-order chi connectivity index (χ0) is 22.5. The van der Waals surface area contributed by atoms with Crippen molar-refractivity contribution in [3.05, 3.63) is 68.0 Å². The first-order valence-electron chi connectivity index (χ1n) is 9.21. The third-order valence-corrected chi connectivity index (χ3v) is 5.84. The maximum Gasteiger partial charge on any atom is 0.271 e. The molecule has 0 spiro atoms. The Balaban J connectivity index is 1.88. The molecule has 0 saturated carbocycles. The van der Waals surface area contributed by atoms with Crippen LogP contribution in [0.25, 0.3) is 10.9 Å². The van der Waals surface area contributed by atoms with Crippen LogP contribution in [0.4, 0.5) is 11.4 Å². The molecule has 0 fully saturated rings. The van der Waals surface area contributed by atoms with Gasteiger partial charge in [-0.15, -0.1) is 0 Å². The fraction of sp³-hybridized carbons (Fsp3) is 0.250. The average Bonchev–Trinajstić information content (AvgIpc) is 2.74. The number of para-hydroxylation sites is 1. The number of non-ortho nitro benzene ring substituents is 1. The Morgan fingerprint density at radius 1 is 1.35 bits per heavy atom. The number of halogens is 1. The van der Waals surface area contributed by atoms with Crippen molar-refractivity contribution in [3.8, 4) is 0 Å². The molecule has 1 atom stereocenters. The molecule has 3 rings (SSSR count). The van der Waals surface area contributed by atoms with Crippen molar-refractivity contribution in [2.75, 3.05) is 19.0 Å². The van der Waals surface area contributed by atoms with Crippen LogP contribution < -0.4 is 10.9 Å². The van der Waals surface area contributed by atoms with E-state index in [0.717, 1.165) is 11.8 Å². The highest BCUT2D eigenvalue weighted by atomic mass is 35.5. The number of anilines is 1. The summed E-state index contributed by atoms with van der Waals surface area (Å²) < 4.78 is 6.57. The van der Waals surface area contributed by atoms with Gasteiger partial charge in [0.05, 0.1) is 44.9 Å². The second kappa shape index (κ2) is 9.90. The molecule has 1 N–H and O–H groups in total. The van der Waals surface area contributed by atoms with Crippen molar-refractivity contribution in [1.82, 2.24) is 9.55 Å². The number of nitrogens with one attached hydrogen (secondary N) is 1. The number of carbonyl (C=O) groups excluding carboxylic acids is 1. The number of amides is 1. The molecular weight excluding hydrogens is 444 g/mol. The fourth-order valence-electron chi connectivity index (χ4n) is 2.79. The maximum atomic E-state index is 12.9. The fourth-order valence-corrected chi connectivity index (χ4v) is 3.89. The molecular formula is C20H19ClN4O5S.